The van der Waals surface area contributed by atoms with Crippen LogP contribution in [0.4, 0.5) is 20.6 Å². The molecule has 0 aromatic heterocycles. The summed E-state index contributed by atoms with van der Waals surface area (Å²) in [5.41, 5.74) is 0.945. The lowest BCUT2D eigenvalue weighted by Gasteiger charge is -2.18. The van der Waals surface area contributed by atoms with Gasteiger partial charge in [-0.05, 0) is 50.2 Å². The molecule has 0 unspecified atom stereocenters. The first-order valence-corrected chi connectivity index (χ1v) is 8.24. The van der Waals surface area contributed by atoms with Gasteiger partial charge in [0.15, 0.2) is 6.10 Å². The van der Waals surface area contributed by atoms with E-state index in [2.05, 4.69) is 16.0 Å². The fraction of sp³-hybridized carbons (Fsp3) is 0.211. The molecule has 0 aliphatic heterocycles. The number of esters is 1. The molecule has 0 radical (unpaired) electrons. The fourth-order valence-corrected chi connectivity index (χ4v) is 2.05. The number of benzene rings is 2. The van der Waals surface area contributed by atoms with E-state index in [1.165, 1.54) is 38.1 Å². The first kappa shape index (κ1) is 19.9. The monoisotopic (exact) mass is 373 g/mol. The predicted octanol–water partition coefficient (Wildman–Crippen LogP) is 2.91. The molecule has 142 valence electrons. The maximum absolute atomic E-state index is 12.9. The molecule has 8 heteroatoms. The molecule has 2 atom stereocenters. The van der Waals surface area contributed by atoms with Gasteiger partial charge >= 0.3 is 12.0 Å². The summed E-state index contributed by atoms with van der Waals surface area (Å²) in [6, 6.07) is 12.4. The highest BCUT2D eigenvalue weighted by atomic mass is 19.1. The Bertz CT molecular complexity index is 796. The molecule has 0 fully saturated rings. The third-order valence-electron chi connectivity index (χ3n) is 3.51. The van der Waals surface area contributed by atoms with Crippen molar-refractivity contribution in [1.29, 1.82) is 0 Å². The SMILES string of the molecule is C[C@H](NC(=O)Nc1ccccc1)C(=O)O[C@@H](C)C(=O)Nc1ccc(F)cc1. The topological polar surface area (TPSA) is 96.5 Å². The largest absolute Gasteiger partial charge is 0.451 e. The van der Waals surface area contributed by atoms with E-state index in [9.17, 15) is 18.8 Å². The second kappa shape index (κ2) is 9.33. The zero-order valence-corrected chi connectivity index (χ0v) is 14.9. The normalized spacial score (nSPS) is 12.4. The van der Waals surface area contributed by atoms with Crippen LogP contribution >= 0.6 is 0 Å². The average molecular weight is 373 g/mol. The summed E-state index contributed by atoms with van der Waals surface area (Å²) < 4.78 is 17.9. The first-order chi connectivity index (χ1) is 12.8. The van der Waals surface area contributed by atoms with Gasteiger partial charge in [-0.15, -0.1) is 0 Å². The van der Waals surface area contributed by atoms with Gasteiger partial charge in [0.25, 0.3) is 5.91 Å². The number of hydrogen-bond donors (Lipinski definition) is 3. The van der Waals surface area contributed by atoms with Gasteiger partial charge in [-0.25, -0.2) is 14.0 Å². The van der Waals surface area contributed by atoms with Crippen molar-refractivity contribution in [2.75, 3.05) is 10.6 Å². The van der Waals surface area contributed by atoms with E-state index < -0.39 is 35.9 Å². The zero-order valence-electron chi connectivity index (χ0n) is 14.9. The summed E-state index contributed by atoms with van der Waals surface area (Å²) in [4.78, 5) is 36.0. The van der Waals surface area contributed by atoms with Crippen LogP contribution in [-0.2, 0) is 14.3 Å². The van der Waals surface area contributed by atoms with Crippen molar-refractivity contribution >= 4 is 29.3 Å². The van der Waals surface area contributed by atoms with Crippen molar-refractivity contribution in [2.45, 2.75) is 26.0 Å². The van der Waals surface area contributed by atoms with Crippen LogP contribution in [0.1, 0.15) is 13.8 Å². The van der Waals surface area contributed by atoms with Gasteiger partial charge in [-0.3, -0.25) is 4.79 Å². The smallest absolute Gasteiger partial charge is 0.329 e. The quantitative estimate of drug-likeness (QED) is 0.679. The molecule has 0 aliphatic rings. The van der Waals surface area contributed by atoms with Gasteiger partial charge in [-0.1, -0.05) is 18.2 Å². The standard InChI is InChI=1S/C19H20FN3O4/c1-12(21-19(26)23-15-6-4-3-5-7-15)18(25)27-13(2)17(24)22-16-10-8-14(20)9-11-16/h3-13H,1-2H3,(H,22,24)(H2,21,23,26)/t12-,13-/m0/s1. The Morgan fingerprint density at radius 2 is 1.48 bits per heavy atom. The maximum atomic E-state index is 12.9. The van der Waals surface area contributed by atoms with Crippen molar-refractivity contribution in [1.82, 2.24) is 5.32 Å². The molecular formula is C19H20FN3O4. The van der Waals surface area contributed by atoms with Gasteiger partial charge in [0.2, 0.25) is 0 Å². The van der Waals surface area contributed by atoms with E-state index in [-0.39, 0.29) is 0 Å². The highest BCUT2D eigenvalue weighted by molar-refractivity contribution is 5.96. The maximum Gasteiger partial charge on any atom is 0.329 e. The van der Waals surface area contributed by atoms with Gasteiger partial charge < -0.3 is 20.7 Å². The summed E-state index contributed by atoms with van der Waals surface area (Å²) >= 11 is 0. The van der Waals surface area contributed by atoms with E-state index in [4.69, 9.17) is 4.74 Å². The number of amides is 3. The molecule has 27 heavy (non-hydrogen) atoms. The molecule has 0 spiro atoms. The van der Waals surface area contributed by atoms with Crippen molar-refractivity contribution in [3.63, 3.8) is 0 Å². The molecule has 0 aliphatic carbocycles. The number of anilines is 2. The van der Waals surface area contributed by atoms with Crippen LogP contribution in [0.15, 0.2) is 54.6 Å². The molecular weight excluding hydrogens is 353 g/mol. The Labute approximate surface area is 155 Å². The lowest BCUT2D eigenvalue weighted by molar-refractivity contribution is -0.154. The average Bonchev–Trinajstić information content (AvgIpc) is 2.64. The van der Waals surface area contributed by atoms with E-state index >= 15 is 0 Å². The van der Waals surface area contributed by atoms with Crippen molar-refractivity contribution in [2.24, 2.45) is 0 Å². The third-order valence-corrected chi connectivity index (χ3v) is 3.51. The summed E-state index contributed by atoms with van der Waals surface area (Å²) in [6.07, 6.45) is -1.09. The van der Waals surface area contributed by atoms with Gasteiger partial charge in [0.05, 0.1) is 0 Å². The number of carbonyl (C=O) groups excluding carboxylic acids is 3. The van der Waals surface area contributed by atoms with Crippen LogP contribution < -0.4 is 16.0 Å². The molecule has 0 saturated carbocycles. The number of carbonyl (C=O) groups is 3. The Kier molecular flexibility index (Phi) is 6.87. The van der Waals surface area contributed by atoms with Crippen molar-refractivity contribution in [3.8, 4) is 0 Å². The van der Waals surface area contributed by atoms with E-state index in [0.29, 0.717) is 11.4 Å². The van der Waals surface area contributed by atoms with Crippen LogP contribution in [0, 0.1) is 5.82 Å². The van der Waals surface area contributed by atoms with Crippen molar-refractivity contribution < 1.29 is 23.5 Å². The molecule has 3 amide bonds. The van der Waals surface area contributed by atoms with Crippen LogP contribution in [0.3, 0.4) is 0 Å². The van der Waals surface area contributed by atoms with E-state index in [1.807, 2.05) is 0 Å². The zero-order chi connectivity index (χ0) is 19.8. The Morgan fingerprint density at radius 3 is 2.11 bits per heavy atom. The number of para-hydroxylation sites is 1. The van der Waals surface area contributed by atoms with Gasteiger partial charge in [-0.2, -0.15) is 0 Å². The second-order valence-electron chi connectivity index (χ2n) is 5.76. The van der Waals surface area contributed by atoms with Crippen LogP contribution in [-0.4, -0.2) is 30.1 Å². The summed E-state index contributed by atoms with van der Waals surface area (Å²) in [6.45, 7) is 2.84. The highest BCUT2D eigenvalue weighted by Crippen LogP contribution is 2.10. The van der Waals surface area contributed by atoms with Gasteiger partial charge in [0.1, 0.15) is 11.9 Å². The Balaban J connectivity index is 1.80. The minimum Gasteiger partial charge on any atom is -0.451 e. The van der Waals surface area contributed by atoms with Crippen molar-refractivity contribution in [3.05, 3.63) is 60.4 Å². The van der Waals surface area contributed by atoms with Crippen LogP contribution in [0.2, 0.25) is 0 Å². The lowest BCUT2D eigenvalue weighted by atomic mass is 10.3. The highest BCUT2D eigenvalue weighted by Gasteiger charge is 2.23. The predicted molar refractivity (Wildman–Crippen MR) is 98.6 cm³/mol. The Morgan fingerprint density at radius 1 is 0.889 bits per heavy atom. The Hall–Kier alpha value is -3.42. The molecule has 2 aromatic rings. The minimum atomic E-state index is -1.09. The summed E-state index contributed by atoms with van der Waals surface area (Å²) in [5.74, 6) is -1.77. The van der Waals surface area contributed by atoms with E-state index in [1.54, 1.807) is 30.3 Å². The number of nitrogens with one attached hydrogen (secondary N) is 3. The summed E-state index contributed by atoms with van der Waals surface area (Å²) in [7, 11) is 0. The second-order valence-corrected chi connectivity index (χ2v) is 5.76. The molecule has 0 bridgehead atoms. The minimum absolute atomic E-state index is 0.373. The molecule has 2 rings (SSSR count). The van der Waals surface area contributed by atoms with E-state index in [0.717, 1.165) is 0 Å². The number of halogens is 1. The number of rotatable bonds is 6. The first-order valence-electron chi connectivity index (χ1n) is 8.24. The molecule has 0 heterocycles. The fourth-order valence-electron chi connectivity index (χ4n) is 2.05. The lowest BCUT2D eigenvalue weighted by Crippen LogP contribution is -2.44. The number of hydrogen-bond acceptors (Lipinski definition) is 4. The molecule has 0 saturated heterocycles. The third kappa shape index (κ3) is 6.43. The van der Waals surface area contributed by atoms with Crippen LogP contribution in [0.5, 0.6) is 0 Å². The van der Waals surface area contributed by atoms with Crippen LogP contribution in [0.25, 0.3) is 0 Å². The molecule has 2 aromatic carbocycles. The summed E-state index contributed by atoms with van der Waals surface area (Å²) in [5, 5.41) is 7.51. The number of ether oxygens (including phenoxy) is 1. The van der Waals surface area contributed by atoms with Gasteiger partial charge in [0, 0.05) is 11.4 Å². The molecule has 7 nitrogen and oxygen atoms in total. The molecule has 3 N–H and O–H groups in total. The number of urea groups is 1.